The molecule has 0 saturated heterocycles. The normalized spacial score (nSPS) is 13.7. The lowest BCUT2D eigenvalue weighted by Gasteiger charge is -2.28. The smallest absolute Gasteiger partial charge is 0.265 e. The van der Waals surface area contributed by atoms with Gasteiger partial charge >= 0.3 is 0 Å². The number of hydrogen-bond acceptors (Lipinski definition) is 6. The van der Waals surface area contributed by atoms with Crippen LogP contribution in [0.4, 0.5) is 5.69 Å². The van der Waals surface area contributed by atoms with Crippen LogP contribution >= 0.6 is 0 Å². The number of para-hydroxylation sites is 2. The fraction of sp³-hybridized carbons (Fsp3) is 0.348. The summed E-state index contributed by atoms with van der Waals surface area (Å²) in [5.41, 5.74) is 5.28. The summed E-state index contributed by atoms with van der Waals surface area (Å²) in [6.07, 6.45) is 0. The van der Waals surface area contributed by atoms with Crippen LogP contribution in [0.15, 0.2) is 47.6 Å². The van der Waals surface area contributed by atoms with Gasteiger partial charge in [-0.05, 0) is 55.9 Å². The van der Waals surface area contributed by atoms with E-state index in [4.69, 9.17) is 4.74 Å². The summed E-state index contributed by atoms with van der Waals surface area (Å²) in [7, 11) is 0. The molecule has 0 bridgehead atoms. The van der Waals surface area contributed by atoms with Crippen LogP contribution < -0.4 is 15.1 Å². The number of carbonyl (C=O) groups excluding carboxylic acids is 2. The molecule has 0 unspecified atom stereocenters. The van der Waals surface area contributed by atoms with Crippen molar-refractivity contribution < 1.29 is 19.4 Å². The van der Waals surface area contributed by atoms with Crippen molar-refractivity contribution in [1.82, 2.24) is 10.3 Å². The van der Waals surface area contributed by atoms with Gasteiger partial charge in [-0.1, -0.05) is 26.0 Å². The first kappa shape index (κ1) is 22.3. The number of ether oxygens (including phenoxy) is 1. The molecule has 164 valence electrons. The minimum Gasteiger partial charge on any atom is -0.508 e. The molecule has 0 aliphatic carbocycles. The Morgan fingerprint density at radius 1 is 1.23 bits per heavy atom. The summed E-state index contributed by atoms with van der Waals surface area (Å²) in [6, 6.07) is 12.4. The average Bonchev–Trinajstić information content (AvgIpc) is 2.78. The van der Waals surface area contributed by atoms with E-state index in [1.54, 1.807) is 37.3 Å². The predicted molar refractivity (Wildman–Crippen MR) is 119 cm³/mol. The van der Waals surface area contributed by atoms with Gasteiger partial charge < -0.3 is 9.84 Å². The monoisotopic (exact) mass is 424 g/mol. The van der Waals surface area contributed by atoms with Crippen LogP contribution in [-0.2, 0) is 16.1 Å². The predicted octanol–water partition coefficient (Wildman–Crippen LogP) is 2.50. The van der Waals surface area contributed by atoms with Gasteiger partial charge in [-0.3, -0.25) is 19.4 Å². The molecule has 1 heterocycles. The summed E-state index contributed by atoms with van der Waals surface area (Å²) >= 11 is 0. The van der Waals surface area contributed by atoms with E-state index >= 15 is 0 Å². The number of benzene rings is 2. The van der Waals surface area contributed by atoms with Crippen LogP contribution in [0.3, 0.4) is 0 Å². The Kier molecular flexibility index (Phi) is 7.25. The summed E-state index contributed by atoms with van der Waals surface area (Å²) in [4.78, 5) is 28.3. The van der Waals surface area contributed by atoms with Crippen LogP contribution in [0.5, 0.6) is 11.5 Å². The SMILES string of the molecule is CCN(CC)Cc1cc(/C(C)=N/NC(=O)CN2C(=O)COc3ccccc32)ccc1O. The topological polar surface area (TPSA) is 94.5 Å². The highest BCUT2D eigenvalue weighted by molar-refractivity contribution is 6.03. The number of aromatic hydroxyl groups is 1. The second-order valence-corrected chi connectivity index (χ2v) is 7.27. The highest BCUT2D eigenvalue weighted by Crippen LogP contribution is 2.31. The van der Waals surface area contributed by atoms with Crippen molar-refractivity contribution in [1.29, 1.82) is 0 Å². The van der Waals surface area contributed by atoms with Gasteiger partial charge in [0.15, 0.2) is 6.61 Å². The third-order valence-corrected chi connectivity index (χ3v) is 5.24. The lowest BCUT2D eigenvalue weighted by Crippen LogP contribution is -2.44. The minimum atomic E-state index is -0.411. The van der Waals surface area contributed by atoms with Gasteiger partial charge in [-0.25, -0.2) is 5.43 Å². The number of nitrogens with one attached hydrogen (secondary N) is 1. The first-order chi connectivity index (χ1) is 14.9. The van der Waals surface area contributed by atoms with Crippen LogP contribution in [-0.4, -0.2) is 53.8 Å². The lowest BCUT2D eigenvalue weighted by atomic mass is 10.1. The highest BCUT2D eigenvalue weighted by Gasteiger charge is 2.26. The molecule has 0 spiro atoms. The number of hydrazone groups is 1. The Morgan fingerprint density at radius 3 is 2.71 bits per heavy atom. The number of nitrogens with zero attached hydrogens (tertiary/aromatic N) is 3. The first-order valence-electron chi connectivity index (χ1n) is 10.3. The molecular formula is C23H28N4O4. The Hall–Kier alpha value is -3.39. The second kappa shape index (κ2) is 10.1. The molecule has 2 aromatic rings. The summed E-state index contributed by atoms with van der Waals surface area (Å²) in [6.45, 7) is 8.07. The fourth-order valence-electron chi connectivity index (χ4n) is 3.34. The van der Waals surface area contributed by atoms with Crippen molar-refractivity contribution in [3.05, 3.63) is 53.6 Å². The van der Waals surface area contributed by atoms with Gasteiger partial charge in [0.05, 0.1) is 11.4 Å². The molecule has 2 aromatic carbocycles. The maximum Gasteiger partial charge on any atom is 0.265 e. The Bertz CT molecular complexity index is 985. The molecule has 0 saturated carbocycles. The van der Waals surface area contributed by atoms with Gasteiger partial charge in [0.1, 0.15) is 18.0 Å². The van der Waals surface area contributed by atoms with E-state index in [0.717, 1.165) is 24.2 Å². The molecule has 2 N–H and O–H groups in total. The van der Waals surface area contributed by atoms with Gasteiger partial charge in [-0.15, -0.1) is 0 Å². The zero-order valence-corrected chi connectivity index (χ0v) is 18.1. The molecule has 0 atom stereocenters. The number of rotatable bonds is 8. The van der Waals surface area contributed by atoms with Gasteiger partial charge in [0, 0.05) is 12.1 Å². The second-order valence-electron chi connectivity index (χ2n) is 7.27. The quantitative estimate of drug-likeness (QED) is 0.502. The molecule has 8 heteroatoms. The number of fused-ring (bicyclic) bond motifs is 1. The average molecular weight is 425 g/mol. The molecule has 0 radical (unpaired) electrons. The van der Waals surface area contributed by atoms with Crippen molar-refractivity contribution >= 4 is 23.2 Å². The van der Waals surface area contributed by atoms with Crippen LogP contribution in [0, 0.1) is 0 Å². The molecule has 1 aliphatic rings. The number of phenols is 1. The Labute approximate surface area is 182 Å². The molecule has 0 fully saturated rings. The van der Waals surface area contributed by atoms with E-state index in [9.17, 15) is 14.7 Å². The van der Waals surface area contributed by atoms with E-state index in [2.05, 4.69) is 29.3 Å². The van der Waals surface area contributed by atoms with Crippen molar-refractivity contribution in [2.24, 2.45) is 5.10 Å². The van der Waals surface area contributed by atoms with E-state index in [1.165, 1.54) is 4.90 Å². The molecule has 8 nitrogen and oxygen atoms in total. The van der Waals surface area contributed by atoms with Crippen LogP contribution in [0.1, 0.15) is 31.9 Å². The standard InChI is InChI=1S/C23H28N4O4/c1-4-26(5-2)13-18-12-17(10-11-20(18)28)16(3)24-25-22(29)14-27-19-8-6-7-9-21(19)31-15-23(27)30/h6-12,28H,4-5,13-15H2,1-3H3,(H,25,29)/b24-16+. The maximum absolute atomic E-state index is 12.4. The van der Waals surface area contributed by atoms with Crippen molar-refractivity contribution in [2.75, 3.05) is 31.1 Å². The van der Waals surface area contributed by atoms with E-state index in [-0.39, 0.29) is 24.8 Å². The number of carbonyl (C=O) groups is 2. The lowest BCUT2D eigenvalue weighted by molar-refractivity contribution is -0.125. The van der Waals surface area contributed by atoms with E-state index < -0.39 is 5.91 Å². The van der Waals surface area contributed by atoms with Crippen molar-refractivity contribution in [3.63, 3.8) is 0 Å². The van der Waals surface area contributed by atoms with Crippen LogP contribution in [0.2, 0.25) is 0 Å². The third-order valence-electron chi connectivity index (χ3n) is 5.24. The molecule has 3 rings (SSSR count). The Morgan fingerprint density at radius 2 is 1.97 bits per heavy atom. The highest BCUT2D eigenvalue weighted by atomic mass is 16.5. The summed E-state index contributed by atoms with van der Waals surface area (Å²) in [5.74, 6) is 0.108. The fourth-order valence-corrected chi connectivity index (χ4v) is 3.34. The minimum absolute atomic E-state index is 0.102. The first-order valence-corrected chi connectivity index (χ1v) is 10.3. The number of hydrogen-bond donors (Lipinski definition) is 2. The number of amides is 2. The van der Waals surface area contributed by atoms with E-state index in [0.29, 0.717) is 23.7 Å². The molecule has 2 amide bonds. The maximum atomic E-state index is 12.4. The largest absolute Gasteiger partial charge is 0.508 e. The molecule has 31 heavy (non-hydrogen) atoms. The third kappa shape index (κ3) is 5.40. The van der Waals surface area contributed by atoms with Gasteiger partial charge in [-0.2, -0.15) is 5.10 Å². The molecular weight excluding hydrogens is 396 g/mol. The molecule has 0 aromatic heterocycles. The zero-order valence-electron chi connectivity index (χ0n) is 18.1. The van der Waals surface area contributed by atoms with Crippen molar-refractivity contribution in [3.8, 4) is 11.5 Å². The number of phenolic OH excluding ortho intramolecular Hbond substituents is 1. The number of anilines is 1. The van der Waals surface area contributed by atoms with Crippen LogP contribution in [0.25, 0.3) is 0 Å². The van der Waals surface area contributed by atoms with Crippen molar-refractivity contribution in [2.45, 2.75) is 27.3 Å². The molecule has 1 aliphatic heterocycles. The van der Waals surface area contributed by atoms with E-state index in [1.807, 2.05) is 12.1 Å². The van der Waals surface area contributed by atoms with Gasteiger partial charge in [0.25, 0.3) is 11.8 Å². The Balaban J connectivity index is 1.68. The summed E-state index contributed by atoms with van der Waals surface area (Å²) < 4.78 is 5.39. The van der Waals surface area contributed by atoms with Gasteiger partial charge in [0.2, 0.25) is 0 Å². The zero-order chi connectivity index (χ0) is 22.4. The summed E-state index contributed by atoms with van der Waals surface area (Å²) in [5, 5.41) is 14.4.